The minimum Gasteiger partial charge on any atom is -0.371 e. The molecule has 0 fully saturated rings. The first-order valence-electron chi connectivity index (χ1n) is 5.95. The molecule has 18 heavy (non-hydrogen) atoms. The number of carbonyl (C=O) groups is 1. The van der Waals surface area contributed by atoms with Gasteiger partial charge in [0.1, 0.15) is 0 Å². The van der Waals surface area contributed by atoms with Gasteiger partial charge in [0.25, 0.3) is 0 Å². The van der Waals surface area contributed by atoms with Crippen LogP contribution in [0.5, 0.6) is 0 Å². The van der Waals surface area contributed by atoms with Gasteiger partial charge in [-0.1, -0.05) is 0 Å². The normalized spacial score (nSPS) is 19.3. The van der Waals surface area contributed by atoms with Gasteiger partial charge in [0, 0.05) is 12.1 Å². The minimum absolute atomic E-state index is 0.0345. The first-order valence-corrected chi connectivity index (χ1v) is 6.83. The van der Waals surface area contributed by atoms with Crippen molar-refractivity contribution >= 4 is 17.6 Å². The molecule has 0 amide bonds. The van der Waals surface area contributed by atoms with Crippen LogP contribution in [0.3, 0.4) is 0 Å². The largest absolute Gasteiger partial charge is 0.371 e. The molecule has 0 saturated heterocycles. The van der Waals surface area contributed by atoms with Gasteiger partial charge in [-0.25, -0.2) is 0 Å². The summed E-state index contributed by atoms with van der Waals surface area (Å²) in [5.74, 6) is 0. The molecule has 3 heterocycles. The molecule has 1 atom stereocenters. The van der Waals surface area contributed by atoms with Crippen LogP contribution in [0.4, 0.5) is 0 Å². The SMILES string of the molecule is Cc1cc2n(n1)CCOC(c1csc(C=O)c1)C2. The van der Waals surface area contributed by atoms with Crippen LogP contribution in [-0.4, -0.2) is 22.7 Å². The van der Waals surface area contributed by atoms with Crippen LogP contribution in [0.1, 0.15) is 32.7 Å². The van der Waals surface area contributed by atoms with E-state index in [1.54, 1.807) is 0 Å². The van der Waals surface area contributed by atoms with E-state index in [9.17, 15) is 4.79 Å². The highest BCUT2D eigenvalue weighted by molar-refractivity contribution is 7.11. The van der Waals surface area contributed by atoms with E-state index < -0.39 is 0 Å². The van der Waals surface area contributed by atoms with Gasteiger partial charge in [0.05, 0.1) is 29.8 Å². The van der Waals surface area contributed by atoms with Crippen LogP contribution >= 0.6 is 11.3 Å². The molecule has 1 aliphatic rings. The molecular formula is C13H14N2O2S. The summed E-state index contributed by atoms with van der Waals surface area (Å²) in [5.41, 5.74) is 3.34. The zero-order chi connectivity index (χ0) is 12.5. The van der Waals surface area contributed by atoms with Crippen molar-refractivity contribution in [2.45, 2.75) is 26.0 Å². The second kappa shape index (κ2) is 4.66. The number of thiophene rings is 1. The molecule has 3 rings (SSSR count). The van der Waals surface area contributed by atoms with Crippen LogP contribution in [0.25, 0.3) is 0 Å². The third-order valence-electron chi connectivity index (χ3n) is 3.13. The fourth-order valence-electron chi connectivity index (χ4n) is 2.30. The Morgan fingerprint density at radius 3 is 3.22 bits per heavy atom. The second-order valence-corrected chi connectivity index (χ2v) is 5.41. The number of ether oxygens (including phenoxy) is 1. The number of aldehydes is 1. The smallest absolute Gasteiger partial charge is 0.160 e. The Labute approximate surface area is 109 Å². The van der Waals surface area contributed by atoms with Gasteiger partial charge in [-0.05, 0) is 30.0 Å². The third kappa shape index (κ3) is 2.11. The molecule has 1 unspecified atom stereocenters. The first kappa shape index (κ1) is 11.6. The van der Waals surface area contributed by atoms with Gasteiger partial charge in [-0.15, -0.1) is 11.3 Å². The van der Waals surface area contributed by atoms with Gasteiger partial charge in [-0.2, -0.15) is 5.10 Å². The van der Waals surface area contributed by atoms with Crippen LogP contribution in [0.15, 0.2) is 17.5 Å². The lowest BCUT2D eigenvalue weighted by molar-refractivity contribution is 0.0568. The molecule has 0 aromatic carbocycles. The number of nitrogens with zero attached hydrogens (tertiary/aromatic N) is 2. The molecule has 0 N–H and O–H groups in total. The van der Waals surface area contributed by atoms with Gasteiger partial charge >= 0.3 is 0 Å². The van der Waals surface area contributed by atoms with E-state index in [-0.39, 0.29) is 6.10 Å². The minimum atomic E-state index is 0.0345. The average molecular weight is 262 g/mol. The van der Waals surface area contributed by atoms with E-state index in [1.807, 2.05) is 23.1 Å². The van der Waals surface area contributed by atoms with Gasteiger partial charge in [0.2, 0.25) is 0 Å². The molecule has 2 aromatic rings. The first-order chi connectivity index (χ1) is 8.76. The van der Waals surface area contributed by atoms with Crippen LogP contribution in [0.2, 0.25) is 0 Å². The van der Waals surface area contributed by atoms with Crippen molar-refractivity contribution in [2.24, 2.45) is 0 Å². The Bertz CT molecular complexity index is 573. The van der Waals surface area contributed by atoms with Gasteiger partial charge in [0.15, 0.2) is 6.29 Å². The molecule has 0 radical (unpaired) electrons. The van der Waals surface area contributed by atoms with Crippen molar-refractivity contribution in [3.05, 3.63) is 39.3 Å². The molecule has 4 nitrogen and oxygen atoms in total. The number of rotatable bonds is 2. The Hall–Kier alpha value is -1.46. The number of fused-ring (bicyclic) bond motifs is 1. The maximum Gasteiger partial charge on any atom is 0.160 e. The van der Waals surface area contributed by atoms with E-state index in [0.29, 0.717) is 6.61 Å². The van der Waals surface area contributed by atoms with E-state index >= 15 is 0 Å². The Morgan fingerprint density at radius 2 is 2.44 bits per heavy atom. The second-order valence-electron chi connectivity index (χ2n) is 4.46. The maximum absolute atomic E-state index is 10.7. The highest BCUT2D eigenvalue weighted by atomic mass is 32.1. The molecule has 0 aliphatic carbocycles. The molecule has 94 valence electrons. The number of hydrogen-bond donors (Lipinski definition) is 0. The molecule has 1 aliphatic heterocycles. The van der Waals surface area contributed by atoms with Crippen LogP contribution in [0, 0.1) is 6.92 Å². The molecule has 0 saturated carbocycles. The van der Waals surface area contributed by atoms with Crippen LogP contribution < -0.4 is 0 Å². The molecule has 0 spiro atoms. The quantitative estimate of drug-likeness (QED) is 0.780. The number of aromatic nitrogens is 2. The number of aryl methyl sites for hydroxylation is 1. The van der Waals surface area contributed by atoms with E-state index in [2.05, 4.69) is 11.2 Å². The molecule has 0 bridgehead atoms. The summed E-state index contributed by atoms with van der Waals surface area (Å²) in [6.07, 6.45) is 1.74. The highest BCUT2D eigenvalue weighted by Crippen LogP contribution is 2.28. The molecule has 2 aromatic heterocycles. The van der Waals surface area contributed by atoms with Crippen molar-refractivity contribution in [2.75, 3.05) is 6.61 Å². The van der Waals surface area contributed by atoms with Crippen molar-refractivity contribution in [3.63, 3.8) is 0 Å². The monoisotopic (exact) mass is 262 g/mol. The standard InChI is InChI=1S/C13H14N2O2S/c1-9-4-11-6-13(17-3-2-15(11)14-9)10-5-12(7-16)18-8-10/h4-5,7-8,13H,2-3,6H2,1H3. The maximum atomic E-state index is 10.7. The fraction of sp³-hybridized carbons (Fsp3) is 0.385. The van der Waals surface area contributed by atoms with Crippen molar-refractivity contribution in [1.29, 1.82) is 0 Å². The summed E-state index contributed by atoms with van der Waals surface area (Å²) in [7, 11) is 0. The van der Waals surface area contributed by atoms with Gasteiger partial charge in [-0.3, -0.25) is 9.48 Å². The Balaban J connectivity index is 1.88. The number of hydrogen-bond acceptors (Lipinski definition) is 4. The van der Waals surface area contributed by atoms with E-state index in [1.165, 1.54) is 17.0 Å². The zero-order valence-corrected chi connectivity index (χ0v) is 10.9. The lowest BCUT2D eigenvalue weighted by Gasteiger charge is -2.12. The van der Waals surface area contributed by atoms with Crippen molar-refractivity contribution in [1.82, 2.24) is 9.78 Å². The zero-order valence-electron chi connectivity index (χ0n) is 10.1. The summed E-state index contributed by atoms with van der Waals surface area (Å²) in [6, 6.07) is 4.02. The lowest BCUT2D eigenvalue weighted by atomic mass is 10.1. The summed E-state index contributed by atoms with van der Waals surface area (Å²) in [4.78, 5) is 11.5. The lowest BCUT2D eigenvalue weighted by Crippen LogP contribution is -2.05. The Morgan fingerprint density at radius 1 is 1.56 bits per heavy atom. The Kier molecular flexibility index (Phi) is 3.01. The summed E-state index contributed by atoms with van der Waals surface area (Å²) < 4.78 is 7.87. The summed E-state index contributed by atoms with van der Waals surface area (Å²) in [6.45, 7) is 3.46. The van der Waals surface area contributed by atoms with Crippen molar-refractivity contribution < 1.29 is 9.53 Å². The predicted octanol–water partition coefficient (Wildman–Crippen LogP) is 2.38. The average Bonchev–Trinajstić information content (AvgIpc) is 2.91. The highest BCUT2D eigenvalue weighted by Gasteiger charge is 2.21. The molecular weight excluding hydrogens is 248 g/mol. The third-order valence-corrected chi connectivity index (χ3v) is 4.01. The summed E-state index contributed by atoms with van der Waals surface area (Å²) in [5, 5.41) is 6.45. The van der Waals surface area contributed by atoms with Gasteiger partial charge < -0.3 is 4.74 Å². The predicted molar refractivity (Wildman–Crippen MR) is 69.1 cm³/mol. The van der Waals surface area contributed by atoms with Crippen LogP contribution in [-0.2, 0) is 17.7 Å². The topological polar surface area (TPSA) is 44.1 Å². The summed E-state index contributed by atoms with van der Waals surface area (Å²) >= 11 is 1.47. The van der Waals surface area contributed by atoms with Crippen molar-refractivity contribution in [3.8, 4) is 0 Å². The molecule has 5 heteroatoms. The van der Waals surface area contributed by atoms with E-state index in [4.69, 9.17) is 4.74 Å². The fourth-order valence-corrected chi connectivity index (χ4v) is 3.05. The number of carbonyl (C=O) groups excluding carboxylic acids is 1. The van der Waals surface area contributed by atoms with E-state index in [0.717, 1.165) is 35.4 Å².